The van der Waals surface area contributed by atoms with Gasteiger partial charge in [-0.2, -0.15) is 0 Å². The van der Waals surface area contributed by atoms with Crippen molar-refractivity contribution in [2.24, 2.45) is 0 Å². The second-order valence-corrected chi connectivity index (χ2v) is 6.23. The second-order valence-electron chi connectivity index (χ2n) is 6.23. The lowest BCUT2D eigenvalue weighted by Gasteiger charge is -2.28. The molecule has 0 N–H and O–H groups in total. The summed E-state index contributed by atoms with van der Waals surface area (Å²) in [6.45, 7) is 4.85. The number of allylic oxidation sites excluding steroid dienone is 1. The molecule has 2 aliphatic rings. The van der Waals surface area contributed by atoms with Crippen molar-refractivity contribution in [3.05, 3.63) is 46.7 Å². The number of hydrogen-bond donors (Lipinski definition) is 0. The molecule has 0 aromatic heterocycles. The summed E-state index contributed by atoms with van der Waals surface area (Å²) in [5, 5.41) is 0. The fourth-order valence-electron chi connectivity index (χ4n) is 3.49. The Morgan fingerprint density at radius 1 is 1.20 bits per heavy atom. The molecule has 1 unspecified atom stereocenters. The number of nitrogens with zero attached hydrogens (tertiary/aromatic N) is 1. The van der Waals surface area contributed by atoms with Gasteiger partial charge in [0.2, 0.25) is 0 Å². The zero-order valence-corrected chi connectivity index (χ0v) is 12.5. The number of hydrogen-bond acceptors (Lipinski definition) is 2. The summed E-state index contributed by atoms with van der Waals surface area (Å²) in [4.78, 5) is 14.8. The first-order chi connectivity index (χ1) is 9.65. The molecule has 1 aliphatic carbocycles. The van der Waals surface area contributed by atoms with Crippen LogP contribution in [0.2, 0.25) is 0 Å². The van der Waals surface area contributed by atoms with Crippen LogP contribution < -0.4 is 0 Å². The first-order valence-electron chi connectivity index (χ1n) is 7.72. The van der Waals surface area contributed by atoms with E-state index in [0.717, 1.165) is 12.0 Å². The van der Waals surface area contributed by atoms with Gasteiger partial charge in [-0.3, -0.25) is 4.79 Å². The molecule has 2 nitrogen and oxygen atoms in total. The number of benzene rings is 1. The molecule has 0 saturated heterocycles. The van der Waals surface area contributed by atoms with Gasteiger partial charge in [0.25, 0.3) is 0 Å². The molecule has 1 heterocycles. The largest absolute Gasteiger partial charge is 0.364 e. The lowest BCUT2D eigenvalue weighted by Crippen LogP contribution is -2.33. The van der Waals surface area contributed by atoms with E-state index in [9.17, 15) is 4.79 Å². The summed E-state index contributed by atoms with van der Waals surface area (Å²) in [6, 6.07) is 8.44. The van der Waals surface area contributed by atoms with Gasteiger partial charge in [-0.05, 0) is 51.5 Å². The molecule has 1 aromatic rings. The topological polar surface area (TPSA) is 20.3 Å². The average Bonchev–Trinajstić information content (AvgIpc) is 2.76. The van der Waals surface area contributed by atoms with Crippen molar-refractivity contribution in [2.75, 3.05) is 6.54 Å². The highest BCUT2D eigenvalue weighted by molar-refractivity contribution is 5.97. The second kappa shape index (κ2) is 5.43. The van der Waals surface area contributed by atoms with Crippen LogP contribution in [0.1, 0.15) is 54.9 Å². The van der Waals surface area contributed by atoms with E-state index in [-0.39, 0.29) is 5.78 Å². The van der Waals surface area contributed by atoms with Crippen LogP contribution in [0.25, 0.3) is 0 Å². The number of rotatable bonds is 3. The number of carbonyl (C=O) groups excluding carboxylic acids is 1. The van der Waals surface area contributed by atoms with Gasteiger partial charge in [0.15, 0.2) is 5.78 Å². The van der Waals surface area contributed by atoms with Gasteiger partial charge in [-0.15, -0.1) is 0 Å². The SMILES string of the molecule is Cc1ccc(C(=O)CN2C3=C(CCCC3)CC2C)cc1. The Hall–Kier alpha value is -1.57. The van der Waals surface area contributed by atoms with Crippen molar-refractivity contribution in [3.8, 4) is 0 Å². The first kappa shape index (κ1) is 13.4. The minimum absolute atomic E-state index is 0.246. The Balaban J connectivity index is 1.75. The molecule has 3 rings (SSSR count). The van der Waals surface area contributed by atoms with Crippen molar-refractivity contribution in [3.63, 3.8) is 0 Å². The lowest BCUT2D eigenvalue weighted by atomic mass is 9.96. The molecule has 1 atom stereocenters. The van der Waals surface area contributed by atoms with Crippen LogP contribution in [0.15, 0.2) is 35.5 Å². The van der Waals surface area contributed by atoms with E-state index in [1.54, 1.807) is 5.57 Å². The summed E-state index contributed by atoms with van der Waals surface area (Å²) in [5.41, 5.74) is 5.13. The quantitative estimate of drug-likeness (QED) is 0.770. The van der Waals surface area contributed by atoms with E-state index >= 15 is 0 Å². The van der Waals surface area contributed by atoms with Crippen molar-refractivity contribution < 1.29 is 4.79 Å². The predicted octanol–water partition coefficient (Wildman–Crippen LogP) is 4.10. The van der Waals surface area contributed by atoms with Crippen molar-refractivity contribution in [2.45, 2.75) is 52.0 Å². The van der Waals surface area contributed by atoms with E-state index in [0.29, 0.717) is 12.6 Å². The summed E-state index contributed by atoms with van der Waals surface area (Å²) in [7, 11) is 0. The first-order valence-corrected chi connectivity index (χ1v) is 7.72. The van der Waals surface area contributed by atoms with Gasteiger partial charge >= 0.3 is 0 Å². The molecule has 2 heteroatoms. The highest BCUT2D eigenvalue weighted by Crippen LogP contribution is 2.38. The fourth-order valence-corrected chi connectivity index (χ4v) is 3.49. The van der Waals surface area contributed by atoms with E-state index in [1.807, 2.05) is 24.3 Å². The minimum Gasteiger partial charge on any atom is -0.364 e. The van der Waals surface area contributed by atoms with Crippen LogP contribution in [0, 0.1) is 6.92 Å². The van der Waals surface area contributed by atoms with Gasteiger partial charge in [0.1, 0.15) is 0 Å². The third-order valence-corrected chi connectivity index (χ3v) is 4.66. The normalized spacial score (nSPS) is 22.1. The van der Waals surface area contributed by atoms with E-state index in [1.165, 1.54) is 36.9 Å². The summed E-state index contributed by atoms with van der Waals surface area (Å²) in [6.07, 6.45) is 6.18. The number of Topliss-reactive ketones (excluding diaryl/α,β-unsaturated/α-hetero) is 1. The molecule has 0 bridgehead atoms. The van der Waals surface area contributed by atoms with Crippen LogP contribution >= 0.6 is 0 Å². The molecule has 0 spiro atoms. The number of aryl methyl sites for hydroxylation is 1. The lowest BCUT2D eigenvalue weighted by molar-refractivity contribution is 0.0935. The molecule has 1 aromatic carbocycles. The van der Waals surface area contributed by atoms with Gasteiger partial charge in [-0.25, -0.2) is 0 Å². The highest BCUT2D eigenvalue weighted by atomic mass is 16.1. The Morgan fingerprint density at radius 2 is 1.90 bits per heavy atom. The molecule has 0 amide bonds. The molecule has 0 radical (unpaired) electrons. The van der Waals surface area contributed by atoms with Gasteiger partial charge in [-0.1, -0.05) is 29.8 Å². The maximum absolute atomic E-state index is 12.5. The summed E-state index contributed by atoms with van der Waals surface area (Å²) in [5.74, 6) is 0.246. The van der Waals surface area contributed by atoms with Crippen LogP contribution in [0.5, 0.6) is 0 Å². The Morgan fingerprint density at radius 3 is 2.65 bits per heavy atom. The molecule has 0 saturated carbocycles. The van der Waals surface area contributed by atoms with Crippen LogP contribution in [0.4, 0.5) is 0 Å². The third kappa shape index (κ3) is 2.52. The van der Waals surface area contributed by atoms with Crippen molar-refractivity contribution >= 4 is 5.78 Å². The molecule has 0 fully saturated rings. The Kier molecular flexibility index (Phi) is 3.64. The standard InChI is InChI=1S/C18H23NO/c1-13-7-9-15(10-8-13)18(20)12-19-14(2)11-16-5-3-4-6-17(16)19/h7-10,14H,3-6,11-12H2,1-2H3. The monoisotopic (exact) mass is 269 g/mol. The highest BCUT2D eigenvalue weighted by Gasteiger charge is 2.31. The molecular weight excluding hydrogens is 246 g/mol. The number of ketones is 1. The third-order valence-electron chi connectivity index (χ3n) is 4.66. The van der Waals surface area contributed by atoms with Gasteiger partial charge in [0.05, 0.1) is 6.54 Å². The number of carbonyl (C=O) groups is 1. The zero-order valence-electron chi connectivity index (χ0n) is 12.5. The van der Waals surface area contributed by atoms with Gasteiger partial charge < -0.3 is 4.90 Å². The minimum atomic E-state index is 0.246. The summed E-state index contributed by atoms with van der Waals surface area (Å²) >= 11 is 0. The Labute approximate surface area is 121 Å². The zero-order chi connectivity index (χ0) is 14.1. The van der Waals surface area contributed by atoms with Crippen molar-refractivity contribution in [1.29, 1.82) is 0 Å². The van der Waals surface area contributed by atoms with E-state index in [4.69, 9.17) is 0 Å². The average molecular weight is 269 g/mol. The van der Waals surface area contributed by atoms with Crippen LogP contribution in [-0.4, -0.2) is 23.3 Å². The predicted molar refractivity (Wildman–Crippen MR) is 81.8 cm³/mol. The van der Waals surface area contributed by atoms with E-state index in [2.05, 4.69) is 18.7 Å². The molecule has 106 valence electrons. The smallest absolute Gasteiger partial charge is 0.182 e. The maximum Gasteiger partial charge on any atom is 0.182 e. The maximum atomic E-state index is 12.5. The van der Waals surface area contributed by atoms with Crippen LogP contribution in [-0.2, 0) is 0 Å². The summed E-state index contributed by atoms with van der Waals surface area (Å²) < 4.78 is 0. The molecule has 20 heavy (non-hydrogen) atoms. The van der Waals surface area contributed by atoms with Crippen molar-refractivity contribution in [1.82, 2.24) is 4.90 Å². The van der Waals surface area contributed by atoms with E-state index < -0.39 is 0 Å². The fraction of sp³-hybridized carbons (Fsp3) is 0.500. The van der Waals surface area contributed by atoms with Gasteiger partial charge in [0, 0.05) is 17.3 Å². The molecular formula is C18H23NO. The Bertz CT molecular complexity index is 541. The molecule has 1 aliphatic heterocycles. The van der Waals surface area contributed by atoms with Crippen LogP contribution in [0.3, 0.4) is 0 Å².